The molecule has 0 amide bonds. The van der Waals surface area contributed by atoms with Gasteiger partial charge in [-0.3, -0.25) is 0 Å². The van der Waals surface area contributed by atoms with Crippen LogP contribution < -0.4 is 51.4 Å². The quantitative estimate of drug-likeness (QED) is 0.243. The van der Waals surface area contributed by atoms with Crippen LogP contribution in [0.3, 0.4) is 0 Å². The smallest absolute Gasteiger partial charge is 0.356 e. The average Bonchev–Trinajstić information content (AvgIpc) is 1.54. The number of rotatable bonds is 0. The normalized spacial score (nSPS) is 5.14. The molecule has 0 heterocycles. The monoisotopic (exact) mass is 331 g/mol. The van der Waals surface area contributed by atoms with Gasteiger partial charge in [-0.1, -0.05) is 0 Å². The average molecular weight is 332 g/mol. The zero-order chi connectivity index (χ0) is 10.7. The molecule has 0 bridgehead atoms. The molecule has 0 aliphatic rings. The Balaban J connectivity index is -0.0000000270. The summed E-state index contributed by atoms with van der Waals surface area (Å²) in [5, 5.41) is 44.2. The SMILES string of the molecule is O=[N+]([O-])[O-].O=[N+]([O-])[O-].O=[N+]([O-])[O-].[K+].[Pd+2]. The van der Waals surface area contributed by atoms with Gasteiger partial charge < -0.3 is 46.0 Å². The van der Waals surface area contributed by atoms with E-state index in [0.717, 1.165) is 0 Å². The molecule has 0 aliphatic carbocycles. The molecular formula is KN3O9Pd. The minimum atomic E-state index is -1.75. The molecule has 0 aromatic heterocycles. The molecule has 0 radical (unpaired) electrons. The van der Waals surface area contributed by atoms with E-state index in [1.54, 1.807) is 0 Å². The van der Waals surface area contributed by atoms with Gasteiger partial charge in [0.2, 0.25) is 0 Å². The van der Waals surface area contributed by atoms with Crippen LogP contribution in [0.15, 0.2) is 0 Å². The summed E-state index contributed by atoms with van der Waals surface area (Å²) >= 11 is 0. The molecule has 0 unspecified atom stereocenters. The van der Waals surface area contributed by atoms with Crippen molar-refractivity contribution < 1.29 is 87.1 Å². The molecule has 14 heteroatoms. The van der Waals surface area contributed by atoms with Crippen LogP contribution in [-0.2, 0) is 20.4 Å². The summed E-state index contributed by atoms with van der Waals surface area (Å²) < 4.78 is 0. The minimum absolute atomic E-state index is 0. The van der Waals surface area contributed by atoms with E-state index < -0.39 is 15.3 Å². The predicted molar refractivity (Wildman–Crippen MR) is 31.1 cm³/mol. The fraction of sp³-hybridized carbons (Fsp3) is 0. The third-order valence-electron chi connectivity index (χ3n) is 0. The van der Waals surface area contributed by atoms with E-state index in [0.29, 0.717) is 0 Å². The predicted octanol–water partition coefficient (Wildman–Crippen LogP) is -3.72. The fourth-order valence-corrected chi connectivity index (χ4v) is 0. The van der Waals surface area contributed by atoms with Crippen molar-refractivity contribution in [3.05, 3.63) is 46.0 Å². The van der Waals surface area contributed by atoms with Gasteiger partial charge in [0.25, 0.3) is 0 Å². The van der Waals surface area contributed by atoms with Crippen molar-refractivity contribution >= 4 is 0 Å². The third kappa shape index (κ3) is 138000. The maximum atomic E-state index is 8.25. The molecule has 0 saturated carbocycles. The van der Waals surface area contributed by atoms with Crippen LogP contribution in [0.25, 0.3) is 0 Å². The molecule has 0 fully saturated rings. The Hall–Kier alpha value is -0.101. The van der Waals surface area contributed by atoms with Crippen molar-refractivity contribution in [2.45, 2.75) is 0 Å². The van der Waals surface area contributed by atoms with Gasteiger partial charge in [-0.25, -0.2) is 0 Å². The van der Waals surface area contributed by atoms with Crippen molar-refractivity contribution in [3.63, 3.8) is 0 Å². The molecule has 14 heavy (non-hydrogen) atoms. The van der Waals surface area contributed by atoms with Gasteiger partial charge in [0.05, 0.1) is 15.3 Å². The van der Waals surface area contributed by atoms with Crippen molar-refractivity contribution in [3.8, 4) is 0 Å². The van der Waals surface area contributed by atoms with Gasteiger partial charge in [0.1, 0.15) is 0 Å². The minimum Gasteiger partial charge on any atom is -0.356 e. The second-order valence-electron chi connectivity index (χ2n) is 0.671. The molecule has 80 valence electrons. The first kappa shape index (κ1) is 29.2. The Bertz CT molecular complexity index is 118. The standard InChI is InChI=1S/K.3NO3.Pd/c;3*2-1(3)4;/q+1;3*-1;+2. The van der Waals surface area contributed by atoms with Gasteiger partial charge in [-0.05, 0) is 0 Å². The summed E-state index contributed by atoms with van der Waals surface area (Å²) in [5.41, 5.74) is 0. The summed E-state index contributed by atoms with van der Waals surface area (Å²) in [4.78, 5) is 24.8. The number of hydrogen-bond donors (Lipinski definition) is 0. The summed E-state index contributed by atoms with van der Waals surface area (Å²) in [6.07, 6.45) is 0. The first-order chi connectivity index (χ1) is 5.20. The Morgan fingerprint density at radius 1 is 0.571 bits per heavy atom. The van der Waals surface area contributed by atoms with Crippen LogP contribution in [0, 0.1) is 46.0 Å². The first-order valence-corrected chi connectivity index (χ1v) is 1.64. The van der Waals surface area contributed by atoms with Gasteiger partial charge >= 0.3 is 71.8 Å². The van der Waals surface area contributed by atoms with E-state index in [-0.39, 0.29) is 71.8 Å². The van der Waals surface area contributed by atoms with Crippen LogP contribution in [0.4, 0.5) is 0 Å². The summed E-state index contributed by atoms with van der Waals surface area (Å²) in [7, 11) is 0. The van der Waals surface area contributed by atoms with Gasteiger partial charge in [-0.2, -0.15) is 0 Å². The Labute approximate surface area is 131 Å². The van der Waals surface area contributed by atoms with Gasteiger partial charge in [-0.15, -0.1) is 0 Å². The molecule has 0 rings (SSSR count). The topological polar surface area (TPSA) is 199 Å². The number of hydrogen-bond acceptors (Lipinski definition) is 9. The van der Waals surface area contributed by atoms with Crippen LogP contribution >= 0.6 is 0 Å². The maximum absolute atomic E-state index is 8.25. The van der Waals surface area contributed by atoms with Crippen molar-refractivity contribution in [1.29, 1.82) is 0 Å². The Morgan fingerprint density at radius 3 is 0.571 bits per heavy atom. The molecule has 0 N–H and O–H groups in total. The molecule has 0 aromatic rings. The molecule has 0 spiro atoms. The third-order valence-corrected chi connectivity index (χ3v) is 0. The Kier molecular flexibility index (Phi) is 48.1. The summed E-state index contributed by atoms with van der Waals surface area (Å²) in [6.45, 7) is 0. The second kappa shape index (κ2) is 23.1. The van der Waals surface area contributed by atoms with E-state index in [4.69, 9.17) is 46.0 Å². The molecule has 12 nitrogen and oxygen atoms in total. The van der Waals surface area contributed by atoms with Crippen LogP contribution in [0.5, 0.6) is 0 Å². The molecule has 0 aromatic carbocycles. The molecular weight excluding hydrogens is 332 g/mol. The van der Waals surface area contributed by atoms with Crippen molar-refractivity contribution in [2.24, 2.45) is 0 Å². The molecule has 0 aliphatic heterocycles. The fourth-order valence-electron chi connectivity index (χ4n) is 0. The van der Waals surface area contributed by atoms with Crippen LogP contribution in [-0.4, -0.2) is 15.3 Å². The van der Waals surface area contributed by atoms with E-state index in [1.165, 1.54) is 0 Å². The van der Waals surface area contributed by atoms with E-state index in [9.17, 15) is 0 Å². The summed E-state index contributed by atoms with van der Waals surface area (Å²) in [5.74, 6) is 0. The van der Waals surface area contributed by atoms with Crippen LogP contribution in [0.2, 0.25) is 0 Å². The van der Waals surface area contributed by atoms with E-state index >= 15 is 0 Å². The van der Waals surface area contributed by atoms with Crippen LogP contribution in [0.1, 0.15) is 0 Å². The number of nitrogens with zero attached hydrogens (tertiary/aromatic N) is 3. The maximum Gasteiger partial charge on any atom is 2.00 e. The van der Waals surface area contributed by atoms with Crippen molar-refractivity contribution in [1.82, 2.24) is 0 Å². The Morgan fingerprint density at radius 2 is 0.571 bits per heavy atom. The zero-order valence-corrected chi connectivity index (χ0v) is 11.0. The van der Waals surface area contributed by atoms with E-state index in [2.05, 4.69) is 0 Å². The zero-order valence-electron chi connectivity index (χ0n) is 6.33. The van der Waals surface area contributed by atoms with Gasteiger partial charge in [0, 0.05) is 0 Å². The largest absolute Gasteiger partial charge is 2.00 e. The summed E-state index contributed by atoms with van der Waals surface area (Å²) in [6, 6.07) is 0. The molecule has 0 atom stereocenters. The molecule has 0 saturated heterocycles. The first-order valence-electron chi connectivity index (χ1n) is 1.64. The van der Waals surface area contributed by atoms with E-state index in [1.807, 2.05) is 0 Å². The second-order valence-corrected chi connectivity index (χ2v) is 0.671. The van der Waals surface area contributed by atoms with Gasteiger partial charge in [0.15, 0.2) is 0 Å². The van der Waals surface area contributed by atoms with Crippen molar-refractivity contribution in [2.75, 3.05) is 0 Å².